The molecule has 0 saturated carbocycles. The molecule has 2 aliphatic carbocycles. The predicted molar refractivity (Wildman–Crippen MR) is 162 cm³/mol. The Kier molecular flexibility index (Phi) is 12.4. The van der Waals surface area contributed by atoms with E-state index in [1.807, 2.05) is 32.9 Å². The zero-order valence-electron chi connectivity index (χ0n) is 24.5. The van der Waals surface area contributed by atoms with E-state index >= 15 is 0 Å². The molecule has 214 valence electrons. The average molecular weight is 546 g/mol. The number of ether oxygens (including phenoxy) is 1. The molecule has 0 radical (unpaired) electrons. The van der Waals surface area contributed by atoms with Crippen LogP contribution in [-0.4, -0.2) is 34.6 Å². The van der Waals surface area contributed by atoms with Gasteiger partial charge in [-0.3, -0.25) is 4.79 Å². The van der Waals surface area contributed by atoms with Crippen molar-refractivity contribution >= 4 is 11.9 Å². The number of hydrogen-bond donors (Lipinski definition) is 3. The van der Waals surface area contributed by atoms with E-state index in [-0.39, 0.29) is 5.91 Å². The highest BCUT2D eigenvalue weighted by molar-refractivity contribution is 5.92. The van der Waals surface area contributed by atoms with E-state index in [0.717, 1.165) is 29.5 Å². The second-order valence-corrected chi connectivity index (χ2v) is 9.83. The summed E-state index contributed by atoms with van der Waals surface area (Å²) in [5, 5.41) is 13.5. The summed E-state index contributed by atoms with van der Waals surface area (Å²) < 4.78 is 5.65. The van der Waals surface area contributed by atoms with Crippen molar-refractivity contribution < 1.29 is 19.4 Å². The van der Waals surface area contributed by atoms with Crippen LogP contribution in [-0.2, 0) is 16.1 Å². The van der Waals surface area contributed by atoms with Gasteiger partial charge in [-0.05, 0) is 80.0 Å². The molecule has 0 spiro atoms. The number of aliphatic carboxylic acids is 1. The zero-order valence-corrected chi connectivity index (χ0v) is 24.5. The van der Waals surface area contributed by atoms with Gasteiger partial charge < -0.3 is 20.2 Å². The topological polar surface area (TPSA) is 105 Å². The second-order valence-electron chi connectivity index (χ2n) is 9.83. The fraction of sp³-hybridized carbons (Fsp3) is 0.333. The average Bonchev–Trinajstić information content (AvgIpc) is 3.33. The number of allylic oxidation sites excluding steroid dienone is 13. The molecule has 4 N–H and O–H groups in total. The van der Waals surface area contributed by atoms with Gasteiger partial charge in [-0.25, -0.2) is 10.6 Å². The second kappa shape index (κ2) is 15.5. The summed E-state index contributed by atoms with van der Waals surface area (Å²) in [6.07, 6.45) is 23.2. The summed E-state index contributed by atoms with van der Waals surface area (Å²) in [5.41, 5.74) is 4.24. The summed E-state index contributed by atoms with van der Waals surface area (Å²) in [7, 11) is 1.64. The number of hydrazine groups is 1. The number of aryl methyl sites for hydroxylation is 1. The fourth-order valence-electron chi connectivity index (χ4n) is 3.98. The Bertz CT molecular complexity index is 1270. The maximum absolute atomic E-state index is 12.9. The first-order chi connectivity index (χ1) is 19.1. The molecule has 40 heavy (non-hydrogen) atoms. The van der Waals surface area contributed by atoms with Crippen LogP contribution in [0.2, 0.25) is 0 Å². The highest BCUT2D eigenvalue weighted by Gasteiger charge is 2.29. The van der Waals surface area contributed by atoms with Gasteiger partial charge in [0, 0.05) is 13.6 Å². The van der Waals surface area contributed by atoms with Crippen molar-refractivity contribution in [2.24, 2.45) is 5.84 Å². The highest BCUT2D eigenvalue weighted by Crippen LogP contribution is 2.25. The lowest BCUT2D eigenvalue weighted by molar-refractivity contribution is -0.152. The summed E-state index contributed by atoms with van der Waals surface area (Å²) in [4.78, 5) is 24.3. The summed E-state index contributed by atoms with van der Waals surface area (Å²) in [5.74, 6) is 5.14. The number of likely N-dealkylation sites (N-methyl/N-ethyl adjacent to an activating group) is 1. The summed E-state index contributed by atoms with van der Waals surface area (Å²) in [6, 6.07) is 5.39. The van der Waals surface area contributed by atoms with Crippen LogP contribution in [0.4, 0.5) is 0 Å². The first kappa shape index (κ1) is 32.1. The molecule has 2 aliphatic rings. The van der Waals surface area contributed by atoms with E-state index < -0.39 is 11.6 Å². The molecular weight excluding hydrogens is 502 g/mol. The molecule has 1 aromatic rings. The van der Waals surface area contributed by atoms with Crippen molar-refractivity contribution in [3.63, 3.8) is 0 Å². The molecule has 1 aromatic carbocycles. The van der Waals surface area contributed by atoms with E-state index in [0.29, 0.717) is 24.4 Å². The summed E-state index contributed by atoms with van der Waals surface area (Å²) >= 11 is 0. The van der Waals surface area contributed by atoms with Crippen LogP contribution in [0.3, 0.4) is 0 Å². The molecule has 0 atom stereocenters. The Morgan fingerprint density at radius 2 is 1.90 bits per heavy atom. The minimum Gasteiger partial charge on any atom is -0.478 e. The van der Waals surface area contributed by atoms with Gasteiger partial charge in [0.15, 0.2) is 5.60 Å². The third-order valence-corrected chi connectivity index (χ3v) is 6.25. The molecule has 0 unspecified atom stereocenters. The first-order valence-corrected chi connectivity index (χ1v) is 13.7. The maximum atomic E-state index is 12.9. The minimum atomic E-state index is -1.34. The van der Waals surface area contributed by atoms with Gasteiger partial charge in [0.25, 0.3) is 5.91 Å². The first-order valence-electron chi connectivity index (χ1n) is 13.7. The standard InChI is InChI=1S/C31H37N3O4.C2H6/c1-22-20-24(16-19-28(22)38-31(2,3)30(36)37)21-33-29(35)27(34(4)32)18-15-23-10-9-13-26(17-14-23)25-11-7-5-6-8-12-25;1-2/h5-7,9-12,14,16-20H,8,13,15,21,32H2,1-4H3,(H,33,35)(H,36,37);1-2H3/b27-18-;. The van der Waals surface area contributed by atoms with Crippen molar-refractivity contribution in [1.82, 2.24) is 10.3 Å². The maximum Gasteiger partial charge on any atom is 0.347 e. The third-order valence-electron chi connectivity index (χ3n) is 6.25. The molecular formula is C33H43N3O4. The Balaban J connectivity index is 0.00000274. The number of carboxylic acid groups (broad SMARTS) is 1. The number of amides is 1. The molecule has 3 rings (SSSR count). The highest BCUT2D eigenvalue weighted by atomic mass is 16.5. The van der Waals surface area contributed by atoms with Crippen LogP contribution in [0.15, 0.2) is 101 Å². The lowest BCUT2D eigenvalue weighted by Crippen LogP contribution is -2.38. The molecule has 7 heteroatoms. The molecule has 7 nitrogen and oxygen atoms in total. The lowest BCUT2D eigenvalue weighted by Gasteiger charge is -2.23. The van der Waals surface area contributed by atoms with Gasteiger partial charge in [0.1, 0.15) is 11.4 Å². The third kappa shape index (κ3) is 9.58. The normalized spacial score (nSPS) is 15.0. The smallest absolute Gasteiger partial charge is 0.347 e. The van der Waals surface area contributed by atoms with Crippen LogP contribution < -0.4 is 15.9 Å². The number of nitrogens with one attached hydrogen (secondary N) is 1. The van der Waals surface area contributed by atoms with Gasteiger partial charge in [0.2, 0.25) is 0 Å². The Hall–Kier alpha value is -4.10. The number of nitrogens with zero attached hydrogens (tertiary/aromatic N) is 1. The van der Waals surface area contributed by atoms with Gasteiger partial charge in [-0.1, -0.05) is 80.7 Å². The number of hydrogen-bond acceptors (Lipinski definition) is 5. The molecule has 0 heterocycles. The zero-order chi connectivity index (χ0) is 29.7. The molecule has 0 bridgehead atoms. The number of benzene rings is 1. The SMILES string of the molecule is CC.Cc1cc(CNC(=O)/C(=C/CC2=CC=C(C3=CCC=CC=C3)CC=C2)N(C)N)ccc1OC(C)(C)C(=O)O. The van der Waals surface area contributed by atoms with Crippen LogP contribution in [0, 0.1) is 6.92 Å². The van der Waals surface area contributed by atoms with Crippen molar-refractivity contribution in [3.05, 3.63) is 113 Å². The van der Waals surface area contributed by atoms with Gasteiger partial charge in [-0.15, -0.1) is 0 Å². The number of carbonyl (C=O) groups is 2. The Morgan fingerprint density at radius 3 is 2.58 bits per heavy atom. The van der Waals surface area contributed by atoms with Gasteiger partial charge in [-0.2, -0.15) is 0 Å². The van der Waals surface area contributed by atoms with Crippen molar-refractivity contribution in [2.75, 3.05) is 7.05 Å². The van der Waals surface area contributed by atoms with Crippen molar-refractivity contribution in [2.45, 2.75) is 66.0 Å². The number of carboxylic acids is 1. The fourth-order valence-corrected chi connectivity index (χ4v) is 3.98. The van der Waals surface area contributed by atoms with E-state index in [1.165, 1.54) is 30.0 Å². The summed E-state index contributed by atoms with van der Waals surface area (Å²) in [6.45, 7) is 9.13. The largest absolute Gasteiger partial charge is 0.478 e. The van der Waals surface area contributed by atoms with E-state index in [2.05, 4.69) is 60.0 Å². The van der Waals surface area contributed by atoms with Crippen LogP contribution in [0.5, 0.6) is 5.75 Å². The van der Waals surface area contributed by atoms with Crippen LogP contribution in [0.25, 0.3) is 0 Å². The Labute approximate surface area is 238 Å². The monoisotopic (exact) mass is 545 g/mol. The van der Waals surface area contributed by atoms with Crippen LogP contribution in [0.1, 0.15) is 58.1 Å². The lowest BCUT2D eigenvalue weighted by atomic mass is 10.0. The molecule has 0 saturated heterocycles. The predicted octanol–water partition coefficient (Wildman–Crippen LogP) is 6.21. The van der Waals surface area contributed by atoms with E-state index in [1.54, 1.807) is 19.2 Å². The molecule has 1 amide bonds. The molecule has 0 fully saturated rings. The molecule has 0 aromatic heterocycles. The number of nitrogens with two attached hydrogens (primary N) is 1. The van der Waals surface area contributed by atoms with Gasteiger partial charge >= 0.3 is 5.97 Å². The minimum absolute atomic E-state index is 0.282. The number of rotatable bonds is 10. The van der Waals surface area contributed by atoms with Crippen LogP contribution >= 0.6 is 0 Å². The van der Waals surface area contributed by atoms with E-state index in [4.69, 9.17) is 10.6 Å². The number of carbonyl (C=O) groups excluding carboxylic acids is 1. The van der Waals surface area contributed by atoms with Crippen molar-refractivity contribution in [1.29, 1.82) is 0 Å². The molecule has 0 aliphatic heterocycles. The van der Waals surface area contributed by atoms with E-state index in [9.17, 15) is 14.7 Å². The quantitative estimate of drug-likeness (QED) is 0.183. The Morgan fingerprint density at radius 1 is 1.15 bits per heavy atom. The van der Waals surface area contributed by atoms with Crippen molar-refractivity contribution in [3.8, 4) is 5.75 Å². The van der Waals surface area contributed by atoms with Gasteiger partial charge in [0.05, 0.1) is 0 Å².